The van der Waals surface area contributed by atoms with Crippen molar-refractivity contribution in [1.29, 1.82) is 0 Å². The van der Waals surface area contributed by atoms with E-state index in [1.54, 1.807) is 0 Å². The van der Waals surface area contributed by atoms with Crippen molar-refractivity contribution < 1.29 is 5.11 Å². The Morgan fingerprint density at radius 3 is 2.82 bits per heavy atom. The molecule has 1 unspecified atom stereocenters. The average Bonchev–Trinajstić information content (AvgIpc) is 2.51. The van der Waals surface area contributed by atoms with Gasteiger partial charge in [0.1, 0.15) is 0 Å². The molecule has 17 heavy (non-hydrogen) atoms. The van der Waals surface area contributed by atoms with Gasteiger partial charge in [-0.1, -0.05) is 27.2 Å². The van der Waals surface area contributed by atoms with E-state index in [0.29, 0.717) is 0 Å². The van der Waals surface area contributed by atoms with Gasteiger partial charge in [0.05, 0.1) is 6.10 Å². The van der Waals surface area contributed by atoms with Gasteiger partial charge in [0.15, 0.2) is 0 Å². The van der Waals surface area contributed by atoms with Crippen molar-refractivity contribution in [3.05, 3.63) is 23.0 Å². The number of aryl methyl sites for hydroxylation is 1. The predicted octanol–water partition coefficient (Wildman–Crippen LogP) is 3.60. The zero-order valence-corrected chi connectivity index (χ0v) is 11.6. The molecule has 1 N–H and O–H groups in total. The molecule has 0 amide bonds. The highest BCUT2D eigenvalue weighted by molar-refractivity contribution is 5.33. The Morgan fingerprint density at radius 1 is 1.47 bits per heavy atom. The molecule has 0 aromatic carbocycles. The second-order valence-electron chi connectivity index (χ2n) is 6.25. The zero-order chi connectivity index (χ0) is 12.6. The van der Waals surface area contributed by atoms with Gasteiger partial charge < -0.3 is 9.67 Å². The highest BCUT2D eigenvalue weighted by atomic mass is 16.3. The Kier molecular flexibility index (Phi) is 3.35. The Hall–Kier alpha value is -0.760. The highest BCUT2D eigenvalue weighted by Crippen LogP contribution is 2.41. The largest absolute Gasteiger partial charge is 0.388 e. The minimum absolute atomic E-state index is 0.223. The number of unbranched alkanes of at least 4 members (excludes halogenated alkanes) is 1. The lowest BCUT2D eigenvalue weighted by atomic mass is 9.75. The van der Waals surface area contributed by atoms with Crippen LogP contribution in [0.2, 0.25) is 0 Å². The van der Waals surface area contributed by atoms with Gasteiger partial charge in [0.25, 0.3) is 0 Å². The third-order valence-electron chi connectivity index (χ3n) is 3.94. The molecule has 1 aromatic heterocycles. The van der Waals surface area contributed by atoms with Crippen molar-refractivity contribution in [2.24, 2.45) is 5.41 Å². The van der Waals surface area contributed by atoms with Crippen molar-refractivity contribution in [3.63, 3.8) is 0 Å². The normalized spacial score (nSPS) is 22.5. The summed E-state index contributed by atoms with van der Waals surface area (Å²) in [4.78, 5) is 0. The van der Waals surface area contributed by atoms with Gasteiger partial charge >= 0.3 is 0 Å². The molecule has 0 spiro atoms. The fourth-order valence-corrected chi connectivity index (χ4v) is 3.03. The first-order valence-electron chi connectivity index (χ1n) is 6.81. The van der Waals surface area contributed by atoms with Gasteiger partial charge in [-0.25, -0.2) is 0 Å². The second kappa shape index (κ2) is 4.49. The second-order valence-corrected chi connectivity index (χ2v) is 6.25. The summed E-state index contributed by atoms with van der Waals surface area (Å²) in [6.45, 7) is 10.00. The number of nitrogens with zero attached hydrogens (tertiary/aromatic N) is 1. The maximum absolute atomic E-state index is 10.2. The van der Waals surface area contributed by atoms with Crippen molar-refractivity contribution in [2.75, 3.05) is 0 Å². The number of aliphatic hydroxyl groups excluding tert-OH is 1. The van der Waals surface area contributed by atoms with Crippen LogP contribution in [-0.4, -0.2) is 9.67 Å². The average molecular weight is 235 g/mol. The van der Waals surface area contributed by atoms with Crippen LogP contribution in [0.15, 0.2) is 6.07 Å². The fraction of sp³-hybridized carbons (Fsp3) is 0.733. The molecule has 0 fully saturated rings. The van der Waals surface area contributed by atoms with E-state index in [-0.39, 0.29) is 11.5 Å². The zero-order valence-electron chi connectivity index (χ0n) is 11.6. The molecule has 1 aliphatic carbocycles. The molecule has 1 atom stereocenters. The molecule has 2 rings (SSSR count). The van der Waals surface area contributed by atoms with Crippen LogP contribution < -0.4 is 0 Å². The molecule has 0 saturated heterocycles. The van der Waals surface area contributed by atoms with E-state index < -0.39 is 0 Å². The lowest BCUT2D eigenvalue weighted by Gasteiger charge is -2.34. The van der Waals surface area contributed by atoms with E-state index >= 15 is 0 Å². The van der Waals surface area contributed by atoms with Crippen LogP contribution in [0.3, 0.4) is 0 Å². The van der Waals surface area contributed by atoms with E-state index in [4.69, 9.17) is 0 Å². The number of fused-ring (bicyclic) bond motifs is 1. The summed E-state index contributed by atoms with van der Waals surface area (Å²) >= 11 is 0. The summed E-state index contributed by atoms with van der Waals surface area (Å²) in [7, 11) is 0. The number of rotatable bonds is 3. The van der Waals surface area contributed by atoms with E-state index in [9.17, 15) is 5.11 Å². The number of hydrogen-bond donors (Lipinski definition) is 1. The maximum Gasteiger partial charge on any atom is 0.0812 e. The molecular formula is C15H25NO. The molecule has 2 nitrogen and oxygen atoms in total. The lowest BCUT2D eigenvalue weighted by Crippen LogP contribution is -2.26. The van der Waals surface area contributed by atoms with E-state index in [1.807, 2.05) is 0 Å². The molecular weight excluding hydrogens is 210 g/mol. The van der Waals surface area contributed by atoms with E-state index in [1.165, 1.54) is 29.8 Å². The highest BCUT2D eigenvalue weighted by Gasteiger charge is 2.33. The van der Waals surface area contributed by atoms with Crippen LogP contribution in [0.25, 0.3) is 0 Å². The van der Waals surface area contributed by atoms with Gasteiger partial charge in [0, 0.05) is 23.5 Å². The summed E-state index contributed by atoms with van der Waals surface area (Å²) in [6, 6.07) is 2.19. The minimum atomic E-state index is -0.268. The van der Waals surface area contributed by atoms with Crippen LogP contribution >= 0.6 is 0 Å². The first-order valence-corrected chi connectivity index (χ1v) is 6.81. The third kappa shape index (κ3) is 2.42. The molecule has 2 heteroatoms. The molecule has 1 aliphatic rings. The summed E-state index contributed by atoms with van der Waals surface area (Å²) in [5.41, 5.74) is 4.08. The van der Waals surface area contributed by atoms with Crippen LogP contribution in [-0.2, 0) is 13.0 Å². The minimum Gasteiger partial charge on any atom is -0.388 e. The standard InChI is InChI=1S/C15H25NO/c1-5-6-7-16-11(2)8-12-13(16)9-15(3,4)10-14(12)17/h8,14,17H,5-7,9-10H2,1-4H3. The molecule has 96 valence electrons. The lowest BCUT2D eigenvalue weighted by molar-refractivity contribution is 0.0979. The van der Waals surface area contributed by atoms with Crippen LogP contribution in [0.4, 0.5) is 0 Å². The van der Waals surface area contributed by atoms with Crippen molar-refractivity contribution in [3.8, 4) is 0 Å². The van der Waals surface area contributed by atoms with Gasteiger partial charge in [-0.05, 0) is 37.7 Å². The molecule has 0 aliphatic heterocycles. The fourth-order valence-electron chi connectivity index (χ4n) is 3.03. The van der Waals surface area contributed by atoms with E-state index in [0.717, 1.165) is 19.4 Å². The maximum atomic E-state index is 10.2. The molecule has 1 heterocycles. The molecule has 0 bridgehead atoms. The van der Waals surface area contributed by atoms with Crippen molar-refractivity contribution in [1.82, 2.24) is 4.57 Å². The third-order valence-corrected chi connectivity index (χ3v) is 3.94. The van der Waals surface area contributed by atoms with Crippen LogP contribution in [0, 0.1) is 12.3 Å². The summed E-state index contributed by atoms with van der Waals surface area (Å²) in [5, 5.41) is 10.2. The van der Waals surface area contributed by atoms with Crippen LogP contribution in [0.1, 0.15) is 63.1 Å². The van der Waals surface area contributed by atoms with E-state index in [2.05, 4.69) is 38.3 Å². The first-order chi connectivity index (χ1) is 7.94. The van der Waals surface area contributed by atoms with Crippen molar-refractivity contribution >= 4 is 0 Å². The topological polar surface area (TPSA) is 25.2 Å². The van der Waals surface area contributed by atoms with Gasteiger partial charge in [-0.3, -0.25) is 0 Å². The summed E-state index contributed by atoms with van der Waals surface area (Å²) in [6.07, 6.45) is 4.15. The Balaban J connectivity index is 2.36. The smallest absolute Gasteiger partial charge is 0.0812 e. The quantitative estimate of drug-likeness (QED) is 0.850. The number of hydrogen-bond acceptors (Lipinski definition) is 1. The number of aromatic nitrogens is 1. The summed E-state index contributed by atoms with van der Waals surface area (Å²) < 4.78 is 2.42. The first kappa shape index (κ1) is 12.7. The monoisotopic (exact) mass is 235 g/mol. The van der Waals surface area contributed by atoms with Gasteiger partial charge in [-0.15, -0.1) is 0 Å². The van der Waals surface area contributed by atoms with Crippen LogP contribution in [0.5, 0.6) is 0 Å². The summed E-state index contributed by atoms with van der Waals surface area (Å²) in [5.74, 6) is 0. The number of aliphatic hydroxyl groups is 1. The molecule has 0 saturated carbocycles. The Labute approximate surface area is 105 Å². The molecule has 0 radical (unpaired) electrons. The molecule has 1 aromatic rings. The Bertz CT molecular complexity index is 403. The van der Waals surface area contributed by atoms with Crippen molar-refractivity contribution in [2.45, 2.75) is 66.0 Å². The van der Waals surface area contributed by atoms with Gasteiger partial charge in [0.2, 0.25) is 0 Å². The van der Waals surface area contributed by atoms with Gasteiger partial charge in [-0.2, -0.15) is 0 Å². The SMILES string of the molecule is CCCCn1c(C)cc2c1CC(C)(C)CC2O. The Morgan fingerprint density at radius 2 is 2.18 bits per heavy atom. The predicted molar refractivity (Wildman–Crippen MR) is 71.1 cm³/mol.